The lowest BCUT2D eigenvalue weighted by molar-refractivity contribution is -0.149. The Bertz CT molecular complexity index is 1770. The third-order valence-electron chi connectivity index (χ3n) is 9.14. The number of carboxylic acids is 1. The summed E-state index contributed by atoms with van der Waals surface area (Å²) < 4.78 is 10.8. The molecule has 4 amide bonds. The number of nitrogens with zero attached hydrogens (tertiary/aromatic N) is 1. The Kier molecular flexibility index (Phi) is 14.9. The normalized spacial score (nSPS) is 16.1. The summed E-state index contributed by atoms with van der Waals surface area (Å²) in [5.74, 6) is -3.47. The van der Waals surface area contributed by atoms with Crippen LogP contribution in [-0.4, -0.2) is 88.2 Å². The van der Waals surface area contributed by atoms with Crippen molar-refractivity contribution in [2.45, 2.75) is 102 Å². The Labute approximate surface area is 322 Å². The van der Waals surface area contributed by atoms with Gasteiger partial charge in [0.2, 0.25) is 17.7 Å². The average Bonchev–Trinajstić information content (AvgIpc) is 3.65. The van der Waals surface area contributed by atoms with Crippen molar-refractivity contribution in [1.82, 2.24) is 20.9 Å². The van der Waals surface area contributed by atoms with Crippen LogP contribution in [-0.2, 0) is 41.5 Å². The smallest absolute Gasteiger partial charge is 0.408 e. The topological polar surface area (TPSA) is 180 Å². The minimum absolute atomic E-state index is 0.0215. The molecule has 4 N–H and O–H groups in total. The number of aliphatic carboxylic acids is 1. The first-order chi connectivity index (χ1) is 26.1. The van der Waals surface area contributed by atoms with Crippen molar-refractivity contribution in [2.75, 3.05) is 13.2 Å². The van der Waals surface area contributed by atoms with E-state index in [0.717, 1.165) is 5.56 Å². The second-order valence-electron chi connectivity index (χ2n) is 14.9. The van der Waals surface area contributed by atoms with E-state index in [1.165, 1.54) is 4.90 Å². The largest absolute Gasteiger partial charge is 0.480 e. The molecule has 4 rings (SSSR count). The molecule has 55 heavy (non-hydrogen) atoms. The number of ether oxygens (including phenoxy) is 2. The van der Waals surface area contributed by atoms with Crippen LogP contribution in [0.3, 0.4) is 0 Å². The Morgan fingerprint density at radius 3 is 2.00 bits per heavy atom. The zero-order valence-electron chi connectivity index (χ0n) is 31.9. The summed E-state index contributed by atoms with van der Waals surface area (Å²) in [5.41, 5.74) is -0.625. The molecule has 0 spiro atoms. The van der Waals surface area contributed by atoms with Gasteiger partial charge in [0.15, 0.2) is 0 Å². The van der Waals surface area contributed by atoms with E-state index < -0.39 is 65.0 Å². The van der Waals surface area contributed by atoms with Gasteiger partial charge in [-0.15, -0.1) is 0 Å². The number of unbranched alkanes of at least 4 members (excludes halogenated alkanes) is 1. The van der Waals surface area contributed by atoms with Gasteiger partial charge in [0.25, 0.3) is 0 Å². The summed E-state index contributed by atoms with van der Waals surface area (Å²) >= 11 is 0. The average molecular weight is 757 g/mol. The van der Waals surface area contributed by atoms with Crippen molar-refractivity contribution >= 4 is 35.8 Å². The number of hydrogen-bond acceptors (Lipinski definition) is 8. The summed E-state index contributed by atoms with van der Waals surface area (Å²) in [7, 11) is 0. The summed E-state index contributed by atoms with van der Waals surface area (Å²) in [6, 6.07) is 23.3. The number of alkyl carbamates (subject to hydrolysis) is 1. The minimum atomic E-state index is -1.65. The molecule has 0 bridgehead atoms. The molecular formula is C42H52N4O9. The van der Waals surface area contributed by atoms with Crippen molar-refractivity contribution in [3.05, 3.63) is 108 Å². The van der Waals surface area contributed by atoms with Gasteiger partial charge in [0.1, 0.15) is 29.3 Å². The molecule has 1 fully saturated rings. The molecule has 1 heterocycles. The molecule has 0 radical (unpaired) electrons. The Morgan fingerprint density at radius 2 is 1.40 bits per heavy atom. The van der Waals surface area contributed by atoms with Gasteiger partial charge in [-0.25, -0.2) is 14.4 Å². The summed E-state index contributed by atoms with van der Waals surface area (Å²) in [4.78, 5) is 81.3. The second kappa shape index (κ2) is 19.6. The number of hydrogen-bond donors (Lipinski definition) is 4. The first-order valence-electron chi connectivity index (χ1n) is 18.6. The van der Waals surface area contributed by atoms with Crippen molar-refractivity contribution in [3.63, 3.8) is 0 Å². The number of carbonyl (C=O) groups is 6. The van der Waals surface area contributed by atoms with E-state index >= 15 is 0 Å². The van der Waals surface area contributed by atoms with E-state index in [1.54, 1.807) is 94.4 Å². The maximum absolute atomic E-state index is 14.5. The van der Waals surface area contributed by atoms with E-state index in [-0.39, 0.29) is 32.4 Å². The van der Waals surface area contributed by atoms with Crippen LogP contribution < -0.4 is 16.0 Å². The van der Waals surface area contributed by atoms with E-state index in [2.05, 4.69) is 16.0 Å². The number of benzene rings is 3. The fourth-order valence-electron chi connectivity index (χ4n) is 6.39. The predicted molar refractivity (Wildman–Crippen MR) is 205 cm³/mol. The maximum Gasteiger partial charge on any atom is 0.408 e. The number of carbonyl (C=O) groups excluding carboxylic acids is 5. The molecule has 0 aliphatic carbocycles. The first kappa shape index (κ1) is 42.0. The van der Waals surface area contributed by atoms with Crippen LogP contribution in [0.5, 0.6) is 0 Å². The van der Waals surface area contributed by atoms with Crippen LogP contribution in [0.15, 0.2) is 91.0 Å². The predicted octanol–water partition coefficient (Wildman–Crippen LogP) is 4.83. The third kappa shape index (κ3) is 13.0. The molecule has 4 atom stereocenters. The number of carboxylic acid groups (broad SMARTS) is 1. The molecule has 3 aromatic carbocycles. The van der Waals surface area contributed by atoms with Crippen LogP contribution in [0.25, 0.3) is 0 Å². The monoisotopic (exact) mass is 756 g/mol. The van der Waals surface area contributed by atoms with Gasteiger partial charge >= 0.3 is 18.0 Å². The van der Waals surface area contributed by atoms with Crippen molar-refractivity contribution in [2.24, 2.45) is 0 Å². The van der Waals surface area contributed by atoms with Gasteiger partial charge in [-0.2, -0.15) is 0 Å². The van der Waals surface area contributed by atoms with Crippen LogP contribution in [0.1, 0.15) is 81.3 Å². The van der Waals surface area contributed by atoms with Gasteiger partial charge < -0.3 is 35.4 Å². The van der Waals surface area contributed by atoms with Gasteiger partial charge in [-0.3, -0.25) is 14.4 Å². The number of amides is 4. The molecule has 0 saturated carbocycles. The van der Waals surface area contributed by atoms with Gasteiger partial charge in [0, 0.05) is 19.4 Å². The highest BCUT2D eigenvalue weighted by Crippen LogP contribution is 2.22. The van der Waals surface area contributed by atoms with Crippen LogP contribution in [0.2, 0.25) is 0 Å². The van der Waals surface area contributed by atoms with E-state index in [9.17, 15) is 33.9 Å². The van der Waals surface area contributed by atoms with E-state index in [0.29, 0.717) is 36.8 Å². The van der Waals surface area contributed by atoms with Crippen molar-refractivity contribution < 1.29 is 43.3 Å². The number of likely N-dealkylation sites (tertiary alicyclic amines) is 1. The second-order valence-corrected chi connectivity index (χ2v) is 14.9. The molecular weight excluding hydrogens is 704 g/mol. The van der Waals surface area contributed by atoms with Gasteiger partial charge in [-0.05, 0) is 83.1 Å². The third-order valence-corrected chi connectivity index (χ3v) is 9.14. The van der Waals surface area contributed by atoms with E-state index in [4.69, 9.17) is 9.47 Å². The molecule has 1 aliphatic heterocycles. The summed E-state index contributed by atoms with van der Waals surface area (Å²) in [5, 5.41) is 18.2. The Hall–Kier alpha value is -5.72. The minimum Gasteiger partial charge on any atom is -0.480 e. The lowest BCUT2D eigenvalue weighted by atomic mass is 9.90. The van der Waals surface area contributed by atoms with Gasteiger partial charge in [-0.1, -0.05) is 78.9 Å². The molecule has 1 aliphatic rings. The fourth-order valence-corrected chi connectivity index (χ4v) is 6.39. The molecule has 1 saturated heterocycles. The molecule has 13 heteroatoms. The highest BCUT2D eigenvalue weighted by molar-refractivity contribution is 5.97. The lowest BCUT2D eigenvalue weighted by Gasteiger charge is -2.34. The zero-order valence-corrected chi connectivity index (χ0v) is 31.9. The number of esters is 1. The van der Waals surface area contributed by atoms with Crippen molar-refractivity contribution in [1.29, 1.82) is 0 Å². The highest BCUT2D eigenvalue weighted by atomic mass is 16.6. The SMILES string of the molecule is CC(C)(C)OC(=O)N[C@@H](CCCCOC(=O)c1ccccc1)C(=O)N[C@](C)(Cc1ccccc1)C(=O)NC(Cc1ccccc1)C(=O)N1CCC[C@@H]1C(=O)O. The summed E-state index contributed by atoms with van der Waals surface area (Å²) in [6.45, 7) is 6.94. The summed E-state index contributed by atoms with van der Waals surface area (Å²) in [6.07, 6.45) is 0.966. The van der Waals surface area contributed by atoms with Crippen LogP contribution >= 0.6 is 0 Å². The van der Waals surface area contributed by atoms with E-state index in [1.807, 2.05) is 24.3 Å². The highest BCUT2D eigenvalue weighted by Gasteiger charge is 2.42. The van der Waals surface area contributed by atoms with Gasteiger partial charge in [0.05, 0.1) is 12.2 Å². The first-order valence-corrected chi connectivity index (χ1v) is 18.6. The molecule has 13 nitrogen and oxygen atoms in total. The fraction of sp³-hybridized carbons (Fsp3) is 0.429. The van der Waals surface area contributed by atoms with Crippen molar-refractivity contribution in [3.8, 4) is 0 Å². The molecule has 294 valence electrons. The molecule has 1 unspecified atom stereocenters. The Balaban J connectivity index is 1.56. The number of rotatable bonds is 17. The molecule has 3 aromatic rings. The molecule has 0 aromatic heterocycles. The lowest BCUT2D eigenvalue weighted by Crippen LogP contribution is -2.64. The van der Waals surface area contributed by atoms with Crippen LogP contribution in [0, 0.1) is 0 Å². The standard InChI is InChI=1S/C42H52N4O9/c1-41(2,3)55-40(53)44-32(23-14-15-26-54-38(51)31-21-12-7-13-22-31)35(47)45-42(4,28-30-19-10-6-11-20-30)39(52)43-33(27-29-17-8-5-9-18-29)36(48)46-25-16-24-34(46)37(49)50/h5-13,17-22,32-34H,14-16,23-28H2,1-4H3,(H,43,52)(H,44,53)(H,45,47)(H,49,50)/t32-,33?,34+,42+/m0/s1. The maximum atomic E-state index is 14.5. The Morgan fingerprint density at radius 1 is 0.800 bits per heavy atom. The number of nitrogens with one attached hydrogen (secondary N) is 3. The quantitative estimate of drug-likeness (QED) is 0.111. The van der Waals surface area contributed by atoms with Crippen LogP contribution in [0.4, 0.5) is 4.79 Å². The zero-order chi connectivity index (χ0) is 40.0.